The van der Waals surface area contributed by atoms with Gasteiger partial charge in [0.2, 0.25) is 10.0 Å². The molecular formula is C30H32FNO7S. The molecule has 5 rings (SSSR count). The average molecular weight is 570 g/mol. The van der Waals surface area contributed by atoms with Crippen LogP contribution in [0.3, 0.4) is 0 Å². The van der Waals surface area contributed by atoms with E-state index in [1.807, 2.05) is 0 Å². The second kappa shape index (κ2) is 9.78. The van der Waals surface area contributed by atoms with Crippen molar-refractivity contribution in [3.05, 3.63) is 64.5 Å². The Labute approximate surface area is 233 Å². The number of hydrogen-bond acceptors (Lipinski definition) is 6. The molecular weight excluding hydrogens is 537 g/mol. The summed E-state index contributed by atoms with van der Waals surface area (Å²) in [4.78, 5) is 12.8. The summed E-state index contributed by atoms with van der Waals surface area (Å²) in [5.41, 5.74) is 2.93. The summed E-state index contributed by atoms with van der Waals surface area (Å²) in [6.45, 7) is 9.36. The molecule has 0 radical (unpaired) electrons. The number of hydrogen-bond donors (Lipinski definition) is 1. The lowest BCUT2D eigenvalue weighted by molar-refractivity contribution is -0.160. The summed E-state index contributed by atoms with van der Waals surface area (Å²) in [7, 11) is -3.84. The van der Waals surface area contributed by atoms with Gasteiger partial charge in [-0.1, -0.05) is 18.2 Å². The molecule has 212 valence electrons. The van der Waals surface area contributed by atoms with E-state index >= 15 is 4.39 Å². The number of rotatable bonds is 5. The number of nitrogens with zero attached hydrogens (tertiary/aromatic N) is 1. The van der Waals surface area contributed by atoms with Crippen molar-refractivity contribution in [2.45, 2.75) is 52.9 Å². The monoisotopic (exact) mass is 569 g/mol. The number of carbonyl (C=O) groups is 1. The molecule has 10 heteroatoms. The standard InChI is InChI=1S/C30H32FNO7S/c1-16-23(18-10-11-21-22(14-18)38-13-12-37-21)25(28(29(33)34)39-30(3,4)5)17(2)27-24(16)26-19(8-7-9-20(26)31)15-32(27)40(6,35)36/h7-11,14,28H,12-13,15H2,1-6H3,(H,33,34)/t28-/m0/s1. The van der Waals surface area contributed by atoms with Crippen LogP contribution in [0.4, 0.5) is 10.1 Å². The van der Waals surface area contributed by atoms with E-state index in [1.54, 1.807) is 65.0 Å². The third kappa shape index (κ3) is 4.79. The fourth-order valence-electron chi connectivity index (χ4n) is 5.61. The van der Waals surface area contributed by atoms with E-state index in [9.17, 15) is 18.3 Å². The Morgan fingerprint density at radius 2 is 1.70 bits per heavy atom. The number of halogens is 1. The van der Waals surface area contributed by atoms with Crippen molar-refractivity contribution < 1.29 is 36.9 Å². The number of carboxylic acids is 1. The molecule has 0 spiro atoms. The summed E-state index contributed by atoms with van der Waals surface area (Å²) in [5, 5.41) is 10.4. The lowest BCUT2D eigenvalue weighted by Gasteiger charge is -2.37. The maximum absolute atomic E-state index is 15.5. The Morgan fingerprint density at radius 1 is 1.02 bits per heavy atom. The summed E-state index contributed by atoms with van der Waals surface area (Å²) in [6.07, 6.45) is -0.361. The van der Waals surface area contributed by atoms with Crippen LogP contribution in [0.5, 0.6) is 11.5 Å². The van der Waals surface area contributed by atoms with Gasteiger partial charge in [0.25, 0.3) is 0 Å². The molecule has 0 fully saturated rings. The highest BCUT2D eigenvalue weighted by Gasteiger charge is 2.39. The molecule has 3 aromatic rings. The predicted octanol–water partition coefficient (Wildman–Crippen LogP) is 5.77. The molecule has 2 aliphatic rings. The molecule has 0 unspecified atom stereocenters. The predicted molar refractivity (Wildman–Crippen MR) is 150 cm³/mol. The van der Waals surface area contributed by atoms with Crippen LogP contribution in [0.15, 0.2) is 36.4 Å². The van der Waals surface area contributed by atoms with Gasteiger partial charge in [-0.25, -0.2) is 17.6 Å². The average Bonchev–Trinajstić information content (AvgIpc) is 2.87. The number of aliphatic carboxylic acids is 1. The third-order valence-electron chi connectivity index (χ3n) is 7.12. The van der Waals surface area contributed by atoms with E-state index < -0.39 is 33.5 Å². The van der Waals surface area contributed by atoms with Crippen molar-refractivity contribution in [2.24, 2.45) is 0 Å². The lowest BCUT2D eigenvalue weighted by Crippen LogP contribution is -2.35. The summed E-state index contributed by atoms with van der Waals surface area (Å²) in [6, 6.07) is 9.90. The maximum Gasteiger partial charge on any atom is 0.337 e. The van der Waals surface area contributed by atoms with Crippen LogP contribution in [0.1, 0.15) is 49.1 Å². The maximum atomic E-state index is 15.5. The van der Waals surface area contributed by atoms with Crippen LogP contribution in [0, 0.1) is 19.7 Å². The molecule has 0 aliphatic carbocycles. The minimum Gasteiger partial charge on any atom is -0.486 e. The molecule has 0 bridgehead atoms. The minimum atomic E-state index is -3.84. The highest BCUT2D eigenvalue weighted by Crippen LogP contribution is 2.52. The first-order valence-electron chi connectivity index (χ1n) is 12.9. The molecule has 0 saturated carbocycles. The number of anilines is 1. The molecule has 8 nitrogen and oxygen atoms in total. The van der Waals surface area contributed by atoms with E-state index in [0.29, 0.717) is 69.2 Å². The fraction of sp³-hybridized carbons (Fsp3) is 0.367. The van der Waals surface area contributed by atoms with Gasteiger partial charge in [-0.05, 0) is 80.6 Å². The number of carboxylic acid groups (broad SMARTS) is 1. The number of benzene rings is 3. The zero-order valence-electron chi connectivity index (χ0n) is 23.3. The molecule has 0 aromatic heterocycles. The second-order valence-corrected chi connectivity index (χ2v) is 13.0. The van der Waals surface area contributed by atoms with Crippen LogP contribution >= 0.6 is 0 Å². The SMILES string of the molecule is Cc1c(-c2ccc3c(c2)OCCO3)c([C@H](OC(C)(C)C)C(=O)O)c(C)c2c1-c1c(F)cccc1CN2S(C)(=O)=O. The Balaban J connectivity index is 1.95. The van der Waals surface area contributed by atoms with Gasteiger partial charge < -0.3 is 19.3 Å². The van der Waals surface area contributed by atoms with E-state index in [0.717, 1.165) is 6.26 Å². The van der Waals surface area contributed by atoms with Gasteiger partial charge in [-0.15, -0.1) is 0 Å². The van der Waals surface area contributed by atoms with Crippen molar-refractivity contribution >= 4 is 21.7 Å². The van der Waals surface area contributed by atoms with Crippen LogP contribution in [0.2, 0.25) is 0 Å². The lowest BCUT2D eigenvalue weighted by atomic mass is 9.80. The molecule has 2 aliphatic heterocycles. The largest absolute Gasteiger partial charge is 0.486 e. The Bertz CT molecular complexity index is 1640. The zero-order chi connectivity index (χ0) is 29.1. The Morgan fingerprint density at radius 3 is 2.33 bits per heavy atom. The fourth-order valence-corrected chi connectivity index (χ4v) is 6.54. The van der Waals surface area contributed by atoms with Crippen LogP contribution in [-0.4, -0.2) is 44.6 Å². The molecule has 3 aromatic carbocycles. The molecule has 40 heavy (non-hydrogen) atoms. The van der Waals surface area contributed by atoms with E-state index in [4.69, 9.17) is 14.2 Å². The molecule has 0 saturated heterocycles. The van der Waals surface area contributed by atoms with Gasteiger partial charge in [0, 0.05) is 16.7 Å². The topological polar surface area (TPSA) is 102 Å². The van der Waals surface area contributed by atoms with Crippen LogP contribution < -0.4 is 13.8 Å². The van der Waals surface area contributed by atoms with Gasteiger partial charge in [-0.2, -0.15) is 0 Å². The number of ether oxygens (including phenoxy) is 3. The van der Waals surface area contributed by atoms with Crippen molar-refractivity contribution in [1.82, 2.24) is 0 Å². The second-order valence-electron chi connectivity index (χ2n) is 11.1. The number of sulfonamides is 1. The van der Waals surface area contributed by atoms with E-state index in [1.165, 1.54) is 10.4 Å². The van der Waals surface area contributed by atoms with E-state index in [-0.39, 0.29) is 12.2 Å². The van der Waals surface area contributed by atoms with Crippen molar-refractivity contribution in [2.75, 3.05) is 23.8 Å². The first kappa shape index (κ1) is 27.9. The molecule has 1 atom stereocenters. The summed E-state index contributed by atoms with van der Waals surface area (Å²) < 4.78 is 60.6. The quantitative estimate of drug-likeness (QED) is 0.416. The van der Waals surface area contributed by atoms with E-state index in [2.05, 4.69) is 0 Å². The van der Waals surface area contributed by atoms with Gasteiger partial charge in [0.05, 0.1) is 24.1 Å². The normalized spacial score (nSPS) is 15.3. The van der Waals surface area contributed by atoms with Gasteiger partial charge >= 0.3 is 5.97 Å². The summed E-state index contributed by atoms with van der Waals surface area (Å²) in [5.74, 6) is -0.665. The number of fused-ring (bicyclic) bond motifs is 4. The molecule has 0 amide bonds. The third-order valence-corrected chi connectivity index (χ3v) is 8.23. The smallest absolute Gasteiger partial charge is 0.337 e. The highest BCUT2D eigenvalue weighted by molar-refractivity contribution is 7.92. The van der Waals surface area contributed by atoms with Crippen molar-refractivity contribution in [3.63, 3.8) is 0 Å². The van der Waals surface area contributed by atoms with Gasteiger partial charge in [0.15, 0.2) is 17.6 Å². The first-order chi connectivity index (χ1) is 18.7. The van der Waals surface area contributed by atoms with Crippen molar-refractivity contribution in [3.8, 4) is 33.8 Å². The molecule has 1 N–H and O–H groups in total. The first-order valence-corrected chi connectivity index (χ1v) is 14.8. The summed E-state index contributed by atoms with van der Waals surface area (Å²) >= 11 is 0. The Hall–Kier alpha value is -3.63. The minimum absolute atomic E-state index is 0.0834. The van der Waals surface area contributed by atoms with Crippen LogP contribution in [-0.2, 0) is 26.1 Å². The Kier molecular flexibility index (Phi) is 6.82. The van der Waals surface area contributed by atoms with Gasteiger partial charge in [0.1, 0.15) is 19.0 Å². The van der Waals surface area contributed by atoms with Crippen LogP contribution in [0.25, 0.3) is 22.3 Å². The van der Waals surface area contributed by atoms with Crippen molar-refractivity contribution in [1.29, 1.82) is 0 Å². The zero-order valence-corrected chi connectivity index (χ0v) is 24.1. The highest BCUT2D eigenvalue weighted by atomic mass is 32.2. The molecule has 2 heterocycles. The van der Waals surface area contributed by atoms with Gasteiger partial charge in [-0.3, -0.25) is 4.31 Å².